The van der Waals surface area contributed by atoms with Gasteiger partial charge in [0.2, 0.25) is 5.13 Å². The first kappa shape index (κ1) is 11.8. The van der Waals surface area contributed by atoms with E-state index >= 15 is 0 Å². The summed E-state index contributed by atoms with van der Waals surface area (Å²) < 4.78 is 9.92. The lowest BCUT2D eigenvalue weighted by molar-refractivity contribution is 0.0347. The highest BCUT2D eigenvalue weighted by molar-refractivity contribution is 7.09. The highest BCUT2D eigenvalue weighted by Crippen LogP contribution is 2.20. The summed E-state index contributed by atoms with van der Waals surface area (Å²) >= 11 is 1.41. The maximum Gasteiger partial charge on any atom is 0.202 e. The zero-order valence-corrected chi connectivity index (χ0v) is 10.6. The molecule has 0 aromatic carbocycles. The number of aryl methyl sites for hydroxylation is 1. The normalized spacial score (nSPS) is 17.6. The monoisotopic (exact) mass is 241 g/mol. The van der Waals surface area contributed by atoms with Crippen molar-refractivity contribution in [3.05, 3.63) is 5.82 Å². The summed E-state index contributed by atoms with van der Waals surface area (Å²) in [5.74, 6) is 0.834. The summed E-state index contributed by atoms with van der Waals surface area (Å²) in [6.45, 7) is 3.49. The van der Waals surface area contributed by atoms with E-state index in [-0.39, 0.29) is 0 Å². The van der Waals surface area contributed by atoms with Crippen molar-refractivity contribution in [2.45, 2.75) is 45.1 Å². The van der Waals surface area contributed by atoms with E-state index in [2.05, 4.69) is 14.7 Å². The van der Waals surface area contributed by atoms with Crippen molar-refractivity contribution in [3.8, 4) is 0 Å². The molecular formula is C11H19N3OS. The number of nitrogens with zero attached hydrogens (tertiary/aromatic N) is 2. The van der Waals surface area contributed by atoms with Crippen LogP contribution in [0.1, 0.15) is 37.9 Å². The summed E-state index contributed by atoms with van der Waals surface area (Å²) in [6, 6.07) is 0. The third-order valence-electron chi connectivity index (χ3n) is 2.81. The largest absolute Gasteiger partial charge is 0.376 e. The highest BCUT2D eigenvalue weighted by atomic mass is 32.1. The topological polar surface area (TPSA) is 47.0 Å². The second-order valence-corrected chi connectivity index (χ2v) is 4.96. The lowest BCUT2D eigenvalue weighted by atomic mass is 9.98. The van der Waals surface area contributed by atoms with E-state index in [4.69, 9.17) is 4.74 Å². The van der Waals surface area contributed by atoms with E-state index in [1.165, 1.54) is 43.6 Å². The zero-order valence-electron chi connectivity index (χ0n) is 9.74. The number of rotatable bonds is 5. The lowest BCUT2D eigenvalue weighted by Gasteiger charge is -2.21. The fourth-order valence-electron chi connectivity index (χ4n) is 1.98. The van der Waals surface area contributed by atoms with Gasteiger partial charge in [-0.05, 0) is 19.8 Å². The molecule has 0 spiro atoms. The van der Waals surface area contributed by atoms with Gasteiger partial charge in [0, 0.05) is 18.1 Å². The Morgan fingerprint density at radius 2 is 2.19 bits per heavy atom. The predicted octanol–water partition coefficient (Wildman–Crippen LogP) is 2.61. The predicted molar refractivity (Wildman–Crippen MR) is 66.0 cm³/mol. The van der Waals surface area contributed by atoms with Gasteiger partial charge in [-0.2, -0.15) is 4.37 Å². The molecule has 1 aromatic rings. The smallest absolute Gasteiger partial charge is 0.202 e. The average Bonchev–Trinajstić information content (AvgIpc) is 2.72. The van der Waals surface area contributed by atoms with Gasteiger partial charge in [0.15, 0.2) is 0 Å². The van der Waals surface area contributed by atoms with Crippen LogP contribution in [-0.2, 0) is 4.74 Å². The zero-order chi connectivity index (χ0) is 11.2. The lowest BCUT2D eigenvalue weighted by Crippen LogP contribution is -2.20. The van der Waals surface area contributed by atoms with E-state index in [0.29, 0.717) is 6.10 Å². The molecule has 1 N–H and O–H groups in total. The molecule has 0 amide bonds. The van der Waals surface area contributed by atoms with Gasteiger partial charge in [0.25, 0.3) is 0 Å². The van der Waals surface area contributed by atoms with E-state index in [1.54, 1.807) is 0 Å². The second-order valence-electron chi connectivity index (χ2n) is 4.20. The number of nitrogens with one attached hydrogen (secondary N) is 1. The van der Waals surface area contributed by atoms with Crippen molar-refractivity contribution in [2.24, 2.45) is 0 Å². The van der Waals surface area contributed by atoms with Gasteiger partial charge in [-0.3, -0.25) is 0 Å². The summed E-state index contributed by atoms with van der Waals surface area (Å²) in [4.78, 5) is 4.24. The van der Waals surface area contributed by atoms with Gasteiger partial charge >= 0.3 is 0 Å². The van der Waals surface area contributed by atoms with Crippen LogP contribution in [0.4, 0.5) is 5.13 Å². The number of aromatic nitrogens is 2. The molecule has 1 aliphatic rings. The van der Waals surface area contributed by atoms with Crippen LogP contribution in [0.3, 0.4) is 0 Å². The van der Waals surface area contributed by atoms with Crippen LogP contribution in [0.25, 0.3) is 0 Å². The molecule has 1 saturated carbocycles. The van der Waals surface area contributed by atoms with E-state index in [0.717, 1.165) is 24.1 Å². The summed E-state index contributed by atoms with van der Waals surface area (Å²) in [6.07, 6.45) is 6.99. The van der Waals surface area contributed by atoms with Crippen LogP contribution in [0.2, 0.25) is 0 Å². The van der Waals surface area contributed by atoms with Crippen LogP contribution in [0.5, 0.6) is 0 Å². The Morgan fingerprint density at radius 1 is 1.38 bits per heavy atom. The Hall–Kier alpha value is -0.680. The first-order valence-electron chi connectivity index (χ1n) is 6.00. The summed E-state index contributed by atoms with van der Waals surface area (Å²) in [5.41, 5.74) is 0. The maximum absolute atomic E-state index is 5.81. The van der Waals surface area contributed by atoms with E-state index in [1.807, 2.05) is 6.92 Å². The quantitative estimate of drug-likeness (QED) is 0.805. The van der Waals surface area contributed by atoms with Crippen molar-refractivity contribution in [2.75, 3.05) is 18.5 Å². The molecule has 16 heavy (non-hydrogen) atoms. The third-order valence-corrected chi connectivity index (χ3v) is 3.58. The number of ether oxygens (including phenoxy) is 1. The standard InChI is InChI=1S/C11H19N3OS/c1-9-13-11(16-14-9)12-7-8-15-10-5-3-2-4-6-10/h10H,2-8H2,1H3,(H,12,13,14). The van der Waals surface area contributed by atoms with Crippen molar-refractivity contribution in [3.63, 3.8) is 0 Å². The molecule has 5 heteroatoms. The molecule has 0 saturated heterocycles. The first-order chi connectivity index (χ1) is 7.84. The Bertz CT molecular complexity index is 310. The van der Waals surface area contributed by atoms with Crippen molar-refractivity contribution >= 4 is 16.7 Å². The van der Waals surface area contributed by atoms with Gasteiger partial charge in [0.05, 0.1) is 12.7 Å². The molecule has 2 rings (SSSR count). The van der Waals surface area contributed by atoms with Crippen molar-refractivity contribution in [1.29, 1.82) is 0 Å². The Morgan fingerprint density at radius 3 is 2.88 bits per heavy atom. The molecule has 0 atom stereocenters. The molecule has 4 nitrogen and oxygen atoms in total. The molecule has 0 radical (unpaired) electrons. The van der Waals surface area contributed by atoms with Gasteiger partial charge in [-0.25, -0.2) is 4.98 Å². The number of anilines is 1. The molecule has 0 bridgehead atoms. The van der Waals surface area contributed by atoms with Gasteiger partial charge in [0.1, 0.15) is 5.82 Å². The summed E-state index contributed by atoms with van der Waals surface area (Å²) in [7, 11) is 0. The minimum Gasteiger partial charge on any atom is -0.376 e. The van der Waals surface area contributed by atoms with Crippen LogP contribution < -0.4 is 5.32 Å². The van der Waals surface area contributed by atoms with Crippen molar-refractivity contribution < 1.29 is 4.74 Å². The second kappa shape index (κ2) is 6.15. The van der Waals surface area contributed by atoms with Crippen molar-refractivity contribution in [1.82, 2.24) is 9.36 Å². The SMILES string of the molecule is Cc1nsc(NCCOC2CCCCC2)n1. The Labute approximate surface area is 101 Å². The van der Waals surface area contributed by atoms with E-state index in [9.17, 15) is 0 Å². The average molecular weight is 241 g/mol. The Kier molecular flexibility index (Phi) is 4.54. The molecule has 0 unspecified atom stereocenters. The number of hydrogen-bond acceptors (Lipinski definition) is 5. The summed E-state index contributed by atoms with van der Waals surface area (Å²) in [5, 5.41) is 4.12. The first-order valence-corrected chi connectivity index (χ1v) is 6.78. The minimum atomic E-state index is 0.492. The highest BCUT2D eigenvalue weighted by Gasteiger charge is 2.12. The third kappa shape index (κ3) is 3.72. The molecule has 1 heterocycles. The minimum absolute atomic E-state index is 0.492. The van der Waals surface area contributed by atoms with Crippen LogP contribution in [0, 0.1) is 6.92 Å². The molecule has 90 valence electrons. The molecule has 1 aromatic heterocycles. The van der Waals surface area contributed by atoms with E-state index < -0.39 is 0 Å². The Balaban J connectivity index is 1.57. The maximum atomic E-state index is 5.81. The van der Waals surface area contributed by atoms with Gasteiger partial charge in [-0.1, -0.05) is 19.3 Å². The fourth-order valence-corrected chi connectivity index (χ4v) is 2.58. The van der Waals surface area contributed by atoms with Crippen LogP contribution in [0.15, 0.2) is 0 Å². The molecular weight excluding hydrogens is 222 g/mol. The van der Waals surface area contributed by atoms with Crippen LogP contribution in [-0.4, -0.2) is 28.6 Å². The fraction of sp³-hybridized carbons (Fsp3) is 0.818. The molecule has 0 aliphatic heterocycles. The number of hydrogen-bond donors (Lipinski definition) is 1. The van der Waals surface area contributed by atoms with Crippen LogP contribution >= 0.6 is 11.5 Å². The van der Waals surface area contributed by atoms with Gasteiger partial charge in [-0.15, -0.1) is 0 Å². The molecule has 1 aliphatic carbocycles. The van der Waals surface area contributed by atoms with Gasteiger partial charge < -0.3 is 10.1 Å². The molecule has 1 fully saturated rings.